The van der Waals surface area contributed by atoms with Gasteiger partial charge in [0, 0.05) is 25.4 Å². The maximum atomic E-state index is 5.24. The molecule has 0 fully saturated rings. The molecule has 0 aliphatic heterocycles. The predicted molar refractivity (Wildman–Crippen MR) is 85.5 cm³/mol. The van der Waals surface area contributed by atoms with Crippen LogP contribution in [-0.4, -0.2) is 33.6 Å². The summed E-state index contributed by atoms with van der Waals surface area (Å²) in [6.07, 6.45) is 2.43. The lowest BCUT2D eigenvalue weighted by molar-refractivity contribution is 0.199. The number of nitrogens with one attached hydrogen (secondary N) is 1. The number of aryl methyl sites for hydroxylation is 1. The number of hydrogen-bond donors (Lipinski definition) is 1. The first-order valence-corrected chi connectivity index (χ1v) is 7.42. The first-order valence-electron chi connectivity index (χ1n) is 7.42. The van der Waals surface area contributed by atoms with Gasteiger partial charge in [-0.2, -0.15) is 10.1 Å². The van der Waals surface area contributed by atoms with Crippen molar-refractivity contribution in [3.63, 3.8) is 0 Å². The van der Waals surface area contributed by atoms with Gasteiger partial charge in [-0.3, -0.25) is 0 Å². The van der Waals surface area contributed by atoms with Crippen LogP contribution in [0.5, 0.6) is 0 Å². The van der Waals surface area contributed by atoms with Crippen LogP contribution in [0.25, 0.3) is 5.69 Å². The van der Waals surface area contributed by atoms with Gasteiger partial charge in [-0.1, -0.05) is 17.3 Å². The average Bonchev–Trinajstić information content (AvgIpc) is 3.20. The summed E-state index contributed by atoms with van der Waals surface area (Å²) in [5.41, 5.74) is 3.00. The molecule has 0 saturated heterocycles. The van der Waals surface area contributed by atoms with E-state index in [1.54, 1.807) is 13.3 Å². The van der Waals surface area contributed by atoms with E-state index in [1.807, 2.05) is 41.9 Å². The summed E-state index contributed by atoms with van der Waals surface area (Å²) in [6, 6.07) is 9.94. The Bertz CT molecular complexity index is 765. The van der Waals surface area contributed by atoms with Gasteiger partial charge >= 0.3 is 0 Å². The van der Waals surface area contributed by atoms with Gasteiger partial charge in [-0.25, -0.2) is 4.68 Å². The van der Waals surface area contributed by atoms with Gasteiger partial charge in [0.1, 0.15) is 0 Å². The number of methoxy groups -OCH3 is 1. The molecule has 7 heteroatoms. The van der Waals surface area contributed by atoms with Crippen LogP contribution in [0.4, 0.5) is 5.69 Å². The number of rotatable bonds is 7. The van der Waals surface area contributed by atoms with Crippen LogP contribution < -0.4 is 5.32 Å². The lowest BCUT2D eigenvalue weighted by atomic mass is 10.2. The van der Waals surface area contributed by atoms with Crippen molar-refractivity contribution in [2.75, 3.05) is 19.0 Å². The Hall–Kier alpha value is -2.67. The SMILES string of the molecule is COCCc1noc(CNc2ccccc2-n2nccc2C)n1. The number of benzene rings is 1. The van der Waals surface area contributed by atoms with Gasteiger partial charge in [0.25, 0.3) is 0 Å². The monoisotopic (exact) mass is 313 g/mol. The Morgan fingerprint density at radius 3 is 2.91 bits per heavy atom. The van der Waals surface area contributed by atoms with Crippen LogP contribution in [0.3, 0.4) is 0 Å². The molecule has 2 heterocycles. The summed E-state index contributed by atoms with van der Waals surface area (Å²) in [5.74, 6) is 1.20. The zero-order valence-electron chi connectivity index (χ0n) is 13.2. The molecule has 23 heavy (non-hydrogen) atoms. The molecule has 0 amide bonds. The van der Waals surface area contributed by atoms with E-state index in [4.69, 9.17) is 9.26 Å². The van der Waals surface area contributed by atoms with Crippen LogP contribution in [0.2, 0.25) is 0 Å². The molecule has 7 nitrogen and oxygen atoms in total. The third kappa shape index (κ3) is 3.57. The van der Waals surface area contributed by atoms with Crippen molar-refractivity contribution in [3.05, 3.63) is 53.9 Å². The highest BCUT2D eigenvalue weighted by molar-refractivity contribution is 5.60. The third-order valence-corrected chi connectivity index (χ3v) is 3.43. The molecule has 0 radical (unpaired) electrons. The molecule has 0 unspecified atom stereocenters. The summed E-state index contributed by atoms with van der Waals surface area (Å²) >= 11 is 0. The van der Waals surface area contributed by atoms with Crippen LogP contribution in [-0.2, 0) is 17.7 Å². The van der Waals surface area contributed by atoms with Crippen molar-refractivity contribution in [2.45, 2.75) is 19.9 Å². The standard InChI is InChI=1S/C16H19N5O2/c1-12-7-9-18-21(12)14-6-4-3-5-13(14)17-11-16-19-15(20-23-16)8-10-22-2/h3-7,9,17H,8,10-11H2,1-2H3. The third-order valence-electron chi connectivity index (χ3n) is 3.43. The quantitative estimate of drug-likeness (QED) is 0.721. The van der Waals surface area contributed by atoms with Crippen molar-refractivity contribution >= 4 is 5.69 Å². The molecule has 0 aliphatic carbocycles. The van der Waals surface area contributed by atoms with Gasteiger partial charge in [0.2, 0.25) is 5.89 Å². The van der Waals surface area contributed by atoms with Crippen LogP contribution in [0.15, 0.2) is 41.1 Å². The Kier molecular flexibility index (Phi) is 4.68. The highest BCUT2D eigenvalue weighted by atomic mass is 16.5. The van der Waals surface area contributed by atoms with Gasteiger partial charge in [0.15, 0.2) is 5.82 Å². The first-order chi connectivity index (χ1) is 11.3. The maximum Gasteiger partial charge on any atom is 0.245 e. The Morgan fingerprint density at radius 1 is 1.26 bits per heavy atom. The normalized spacial score (nSPS) is 10.9. The largest absolute Gasteiger partial charge is 0.384 e. The zero-order valence-corrected chi connectivity index (χ0v) is 13.2. The van der Waals surface area contributed by atoms with Gasteiger partial charge in [-0.05, 0) is 25.1 Å². The second-order valence-electron chi connectivity index (χ2n) is 5.10. The van der Waals surface area contributed by atoms with Crippen LogP contribution in [0.1, 0.15) is 17.4 Å². The second kappa shape index (κ2) is 7.06. The molecule has 0 spiro atoms. The number of hydrogen-bond acceptors (Lipinski definition) is 6. The molecule has 3 rings (SSSR count). The van der Waals surface area contributed by atoms with Crippen molar-refractivity contribution in [1.29, 1.82) is 0 Å². The molecule has 1 N–H and O–H groups in total. The van der Waals surface area contributed by atoms with Crippen LogP contribution in [0, 0.1) is 6.92 Å². The highest BCUT2D eigenvalue weighted by Crippen LogP contribution is 2.21. The lowest BCUT2D eigenvalue weighted by Crippen LogP contribution is -2.06. The van der Waals surface area contributed by atoms with E-state index < -0.39 is 0 Å². The topological polar surface area (TPSA) is 78.0 Å². The zero-order chi connectivity index (χ0) is 16.1. The van der Waals surface area contributed by atoms with Crippen molar-refractivity contribution < 1.29 is 9.26 Å². The summed E-state index contributed by atoms with van der Waals surface area (Å²) in [4.78, 5) is 4.33. The molecular weight excluding hydrogens is 294 g/mol. The minimum atomic E-state index is 0.456. The number of nitrogens with zero attached hydrogens (tertiary/aromatic N) is 4. The molecule has 1 aromatic carbocycles. The minimum Gasteiger partial charge on any atom is -0.384 e. The molecule has 0 aliphatic rings. The van der Waals surface area contributed by atoms with E-state index in [-0.39, 0.29) is 0 Å². The molecule has 3 aromatic rings. The highest BCUT2D eigenvalue weighted by Gasteiger charge is 2.09. The lowest BCUT2D eigenvalue weighted by Gasteiger charge is -2.11. The van der Waals surface area contributed by atoms with E-state index in [0.29, 0.717) is 31.3 Å². The summed E-state index contributed by atoms with van der Waals surface area (Å²) in [6.45, 7) is 3.05. The number of aromatic nitrogens is 4. The second-order valence-corrected chi connectivity index (χ2v) is 5.10. The molecule has 2 aromatic heterocycles. The van der Waals surface area contributed by atoms with Crippen LogP contribution >= 0.6 is 0 Å². The molecule has 120 valence electrons. The summed E-state index contributed by atoms with van der Waals surface area (Å²) in [7, 11) is 1.65. The smallest absolute Gasteiger partial charge is 0.245 e. The fraction of sp³-hybridized carbons (Fsp3) is 0.312. The van der Waals surface area contributed by atoms with Gasteiger partial charge < -0.3 is 14.6 Å². The Balaban J connectivity index is 1.71. The molecule has 0 saturated carbocycles. The van der Waals surface area contributed by atoms with Gasteiger partial charge in [-0.15, -0.1) is 0 Å². The van der Waals surface area contributed by atoms with Crippen molar-refractivity contribution in [3.8, 4) is 5.69 Å². The summed E-state index contributed by atoms with van der Waals surface area (Å²) in [5, 5.41) is 11.6. The van der Waals surface area contributed by atoms with Gasteiger partial charge in [0.05, 0.1) is 24.5 Å². The van der Waals surface area contributed by atoms with E-state index in [0.717, 1.165) is 17.1 Å². The maximum absolute atomic E-state index is 5.24. The fourth-order valence-electron chi connectivity index (χ4n) is 2.26. The Labute approximate surface area is 134 Å². The van der Waals surface area contributed by atoms with E-state index in [1.165, 1.54) is 0 Å². The first kappa shape index (κ1) is 15.2. The minimum absolute atomic E-state index is 0.456. The predicted octanol–water partition coefficient (Wildman–Crippen LogP) is 2.36. The fourth-order valence-corrected chi connectivity index (χ4v) is 2.26. The number of anilines is 1. The Morgan fingerprint density at radius 2 is 2.13 bits per heavy atom. The van der Waals surface area contributed by atoms with E-state index in [2.05, 4.69) is 20.6 Å². The summed E-state index contributed by atoms with van der Waals surface area (Å²) < 4.78 is 12.1. The molecule has 0 bridgehead atoms. The van der Waals surface area contributed by atoms with Crippen molar-refractivity contribution in [2.24, 2.45) is 0 Å². The van der Waals surface area contributed by atoms with E-state index in [9.17, 15) is 0 Å². The number of ether oxygens (including phenoxy) is 1. The van der Waals surface area contributed by atoms with Crippen molar-refractivity contribution in [1.82, 2.24) is 19.9 Å². The van der Waals surface area contributed by atoms with E-state index >= 15 is 0 Å². The molecule has 0 atom stereocenters. The molecular formula is C16H19N5O2. The number of para-hydroxylation sites is 2. The average molecular weight is 313 g/mol.